The zero-order valence-corrected chi connectivity index (χ0v) is 11.2. The van der Waals surface area contributed by atoms with E-state index in [9.17, 15) is 4.79 Å². The molecule has 2 heterocycles. The number of hydrogen-bond donors (Lipinski definition) is 1. The molecule has 3 aromatic rings. The van der Waals surface area contributed by atoms with Gasteiger partial charge in [0.1, 0.15) is 11.7 Å². The van der Waals surface area contributed by atoms with Crippen molar-refractivity contribution < 1.29 is 0 Å². The Morgan fingerprint density at radius 2 is 1.95 bits per heavy atom. The maximum atomic E-state index is 12.0. The first-order valence-corrected chi connectivity index (χ1v) is 6.25. The van der Waals surface area contributed by atoms with Crippen LogP contribution in [0.25, 0.3) is 16.7 Å². The summed E-state index contributed by atoms with van der Waals surface area (Å²) in [5.74, 6) is 0. The van der Waals surface area contributed by atoms with Crippen molar-refractivity contribution >= 4 is 16.7 Å². The number of nitrogens with one attached hydrogen (secondary N) is 1. The average Bonchev–Trinajstić information content (AvgIpc) is 2.80. The molecule has 19 heavy (non-hydrogen) atoms. The zero-order valence-electron chi connectivity index (χ0n) is 11.2. The number of H-pyrrole nitrogens is 1. The highest BCUT2D eigenvalue weighted by atomic mass is 16.1. The number of para-hydroxylation sites is 2. The monoisotopic (exact) mass is 253 g/mol. The van der Waals surface area contributed by atoms with Gasteiger partial charge in [0.2, 0.25) is 0 Å². The number of aryl methyl sites for hydroxylation is 1. The molecule has 0 radical (unpaired) electrons. The number of nitriles is 1. The molecule has 1 aromatic carbocycles. The van der Waals surface area contributed by atoms with Crippen molar-refractivity contribution in [3.05, 3.63) is 51.8 Å². The van der Waals surface area contributed by atoms with Gasteiger partial charge in [-0.3, -0.25) is 9.20 Å². The Morgan fingerprint density at radius 3 is 2.63 bits per heavy atom. The third-order valence-electron chi connectivity index (χ3n) is 2.92. The van der Waals surface area contributed by atoms with Crippen LogP contribution in [0.5, 0.6) is 0 Å². The highest BCUT2D eigenvalue weighted by Gasteiger charge is 2.11. The van der Waals surface area contributed by atoms with E-state index in [1.54, 1.807) is 11.3 Å². The number of hydrogen-bond acceptors (Lipinski definition) is 2. The Hall–Kier alpha value is -2.54. The van der Waals surface area contributed by atoms with Crippen molar-refractivity contribution in [2.75, 3.05) is 0 Å². The highest BCUT2D eigenvalue weighted by molar-refractivity contribution is 5.82. The van der Waals surface area contributed by atoms with Gasteiger partial charge in [0.05, 0.1) is 16.6 Å². The molecule has 0 aliphatic carbocycles. The summed E-state index contributed by atoms with van der Waals surface area (Å²) in [4.78, 5) is 15.1. The maximum Gasteiger partial charge on any atom is 0.257 e. The Bertz CT molecular complexity index is 834. The molecule has 0 spiro atoms. The van der Waals surface area contributed by atoms with Crippen LogP contribution in [-0.2, 0) is 0 Å². The van der Waals surface area contributed by atoms with Gasteiger partial charge < -0.3 is 4.98 Å². The van der Waals surface area contributed by atoms with Crippen molar-refractivity contribution in [1.82, 2.24) is 9.38 Å². The van der Waals surface area contributed by atoms with E-state index in [2.05, 4.69) is 11.1 Å². The van der Waals surface area contributed by atoms with Gasteiger partial charge >= 0.3 is 0 Å². The number of pyridine rings is 1. The highest BCUT2D eigenvalue weighted by Crippen LogP contribution is 2.18. The fraction of sp³-hybridized carbons (Fsp3) is 0.200. The summed E-state index contributed by atoms with van der Waals surface area (Å²) in [6.45, 7) is 5.77. The molecule has 3 rings (SSSR count). The molecule has 0 aliphatic heterocycles. The fourth-order valence-electron chi connectivity index (χ4n) is 2.13. The van der Waals surface area contributed by atoms with Crippen LogP contribution in [0, 0.1) is 18.3 Å². The molecule has 0 amide bonds. The van der Waals surface area contributed by atoms with Crippen LogP contribution >= 0.6 is 0 Å². The summed E-state index contributed by atoms with van der Waals surface area (Å²) < 4.78 is 1.54. The largest absolute Gasteiger partial charge is 0.338 e. The number of benzene rings is 1. The topological polar surface area (TPSA) is 61.1 Å². The summed E-state index contributed by atoms with van der Waals surface area (Å²) in [5, 5.41) is 9.15. The first-order chi connectivity index (χ1) is 9.22. The lowest BCUT2D eigenvalue weighted by Crippen LogP contribution is -2.13. The molecule has 0 saturated carbocycles. The molecule has 96 valence electrons. The molecule has 0 fully saturated rings. The van der Waals surface area contributed by atoms with Crippen molar-refractivity contribution in [2.45, 2.75) is 20.8 Å². The molecule has 0 saturated heterocycles. The van der Waals surface area contributed by atoms with E-state index in [4.69, 9.17) is 5.26 Å². The van der Waals surface area contributed by atoms with Gasteiger partial charge in [-0.1, -0.05) is 26.0 Å². The molecule has 4 nitrogen and oxygen atoms in total. The third kappa shape index (κ3) is 1.89. The van der Waals surface area contributed by atoms with Gasteiger partial charge in [0.25, 0.3) is 5.56 Å². The van der Waals surface area contributed by atoms with Crippen molar-refractivity contribution in [2.24, 2.45) is 0 Å². The number of fused-ring (bicyclic) bond motifs is 3. The van der Waals surface area contributed by atoms with Crippen molar-refractivity contribution in [3.63, 3.8) is 0 Å². The summed E-state index contributed by atoms with van der Waals surface area (Å²) in [7, 11) is 0. The predicted octanol–water partition coefficient (Wildman–Crippen LogP) is 2.99. The second kappa shape index (κ2) is 4.99. The quantitative estimate of drug-likeness (QED) is 0.669. The third-order valence-corrected chi connectivity index (χ3v) is 2.92. The van der Waals surface area contributed by atoms with Gasteiger partial charge in [-0.05, 0) is 24.6 Å². The fourth-order valence-corrected chi connectivity index (χ4v) is 2.13. The Labute approximate surface area is 110 Å². The summed E-state index contributed by atoms with van der Waals surface area (Å²) >= 11 is 0. The normalized spacial score (nSPS) is 10.0. The number of imidazole rings is 1. The Balaban J connectivity index is 0.000000637. The molecule has 2 aromatic heterocycles. The molecule has 0 bridgehead atoms. The molecule has 0 aliphatic rings. The lowest BCUT2D eigenvalue weighted by Gasteiger charge is -1.99. The Kier molecular flexibility index (Phi) is 3.39. The minimum atomic E-state index is -0.117. The van der Waals surface area contributed by atoms with Crippen LogP contribution in [0.1, 0.15) is 25.0 Å². The van der Waals surface area contributed by atoms with Crippen LogP contribution in [0.2, 0.25) is 0 Å². The van der Waals surface area contributed by atoms with E-state index in [0.29, 0.717) is 16.8 Å². The predicted molar refractivity (Wildman–Crippen MR) is 76.3 cm³/mol. The zero-order chi connectivity index (χ0) is 14.0. The lowest BCUT2D eigenvalue weighted by atomic mass is 10.2. The SMILES string of the molecule is CC.Cc1cc(=O)n2c([nH]c3ccccc32)c1C#N. The average molecular weight is 253 g/mol. The van der Waals surface area contributed by atoms with Gasteiger partial charge in [0, 0.05) is 6.07 Å². The number of rotatable bonds is 0. The maximum absolute atomic E-state index is 12.0. The van der Waals surface area contributed by atoms with E-state index < -0.39 is 0 Å². The van der Waals surface area contributed by atoms with Crippen molar-refractivity contribution in [3.8, 4) is 6.07 Å². The summed E-state index contributed by atoms with van der Waals surface area (Å²) in [6.07, 6.45) is 0. The van der Waals surface area contributed by atoms with Crippen LogP contribution in [0.15, 0.2) is 35.1 Å². The first kappa shape index (κ1) is 12.9. The van der Waals surface area contributed by atoms with Crippen LogP contribution in [-0.4, -0.2) is 9.38 Å². The number of aromatic nitrogens is 2. The van der Waals surface area contributed by atoms with Crippen LogP contribution < -0.4 is 5.56 Å². The van der Waals surface area contributed by atoms with E-state index in [0.717, 1.165) is 11.0 Å². The standard InChI is InChI=1S/C13H9N3O.C2H6/c1-8-6-12(17)16-11-5-3-2-4-10(11)15-13(16)9(8)7-14;1-2/h2-6,15H,1H3;1-2H3. The molecular weight excluding hydrogens is 238 g/mol. The summed E-state index contributed by atoms with van der Waals surface area (Å²) in [6, 6.07) is 11.1. The van der Waals surface area contributed by atoms with Gasteiger partial charge in [-0.25, -0.2) is 0 Å². The van der Waals surface area contributed by atoms with Crippen LogP contribution in [0.3, 0.4) is 0 Å². The second-order valence-corrected chi connectivity index (χ2v) is 3.98. The van der Waals surface area contributed by atoms with E-state index in [1.165, 1.54) is 6.07 Å². The smallest absolute Gasteiger partial charge is 0.257 e. The summed E-state index contributed by atoms with van der Waals surface area (Å²) in [5.41, 5.74) is 3.31. The van der Waals surface area contributed by atoms with Gasteiger partial charge in [0.15, 0.2) is 0 Å². The second-order valence-electron chi connectivity index (χ2n) is 3.98. The van der Waals surface area contributed by atoms with E-state index in [1.807, 2.05) is 38.1 Å². The molecule has 0 atom stereocenters. The molecule has 4 heteroatoms. The van der Waals surface area contributed by atoms with Gasteiger partial charge in [-0.15, -0.1) is 0 Å². The van der Waals surface area contributed by atoms with Crippen molar-refractivity contribution in [1.29, 1.82) is 5.26 Å². The van der Waals surface area contributed by atoms with E-state index >= 15 is 0 Å². The number of nitrogens with zero attached hydrogens (tertiary/aromatic N) is 2. The Morgan fingerprint density at radius 1 is 1.26 bits per heavy atom. The number of aromatic amines is 1. The van der Waals surface area contributed by atoms with Crippen LogP contribution in [0.4, 0.5) is 0 Å². The molecular formula is C15H15N3O. The lowest BCUT2D eigenvalue weighted by molar-refractivity contribution is 1.12. The van der Waals surface area contributed by atoms with Gasteiger partial charge in [-0.2, -0.15) is 5.26 Å². The first-order valence-electron chi connectivity index (χ1n) is 6.25. The molecule has 1 N–H and O–H groups in total. The minimum Gasteiger partial charge on any atom is -0.338 e. The molecule has 0 unspecified atom stereocenters. The van der Waals surface area contributed by atoms with E-state index in [-0.39, 0.29) is 5.56 Å². The minimum absolute atomic E-state index is 0.117.